The SMILES string of the molecule is C1C2CC3C4CC5CC(C14)C(C2)C3(C1C2CC3C4CC6C7CC8CC6C(C4C2)C1(C8)C73)C5. The molecule has 11 atom stereocenters. The molecule has 0 N–H and O–H groups in total. The van der Waals surface area contributed by atoms with E-state index in [4.69, 9.17) is 0 Å². The van der Waals surface area contributed by atoms with Gasteiger partial charge in [-0.1, -0.05) is 0 Å². The first-order valence-corrected chi connectivity index (χ1v) is 15.8. The molecule has 32 heavy (non-hydrogen) atoms. The normalized spacial score (nSPS) is 81.8. The van der Waals surface area contributed by atoms with Crippen molar-refractivity contribution in [3.63, 3.8) is 0 Å². The fourth-order valence-corrected chi connectivity index (χ4v) is 18.9. The molecule has 0 heteroatoms. The molecule has 17 aliphatic rings. The highest BCUT2D eigenvalue weighted by atomic mass is 14.9. The van der Waals surface area contributed by atoms with Crippen LogP contribution >= 0.6 is 0 Å². The molecular formula is C32H42. The second-order valence-electron chi connectivity index (χ2n) is 17.1. The molecule has 17 aliphatic carbocycles. The Morgan fingerprint density at radius 2 is 0.875 bits per heavy atom. The molecule has 0 amide bonds. The van der Waals surface area contributed by atoms with Crippen molar-refractivity contribution in [1.29, 1.82) is 0 Å². The maximum atomic E-state index is 1.77. The summed E-state index contributed by atoms with van der Waals surface area (Å²) in [4.78, 5) is 0. The topological polar surface area (TPSA) is 0 Å². The average molecular weight is 427 g/mol. The van der Waals surface area contributed by atoms with E-state index in [1.54, 1.807) is 77.0 Å². The maximum absolute atomic E-state index is 1.77. The lowest BCUT2D eigenvalue weighted by Gasteiger charge is -2.88. The highest BCUT2D eigenvalue weighted by Crippen LogP contribution is 2.90. The van der Waals surface area contributed by atoms with E-state index in [9.17, 15) is 0 Å². The molecule has 17 saturated carbocycles. The summed E-state index contributed by atoms with van der Waals surface area (Å²) in [6.07, 6.45) is 20.7. The third-order valence-electron chi connectivity index (χ3n) is 17.6. The highest BCUT2D eigenvalue weighted by molar-refractivity contribution is 5.32. The van der Waals surface area contributed by atoms with E-state index < -0.39 is 0 Å². The first-order valence-electron chi connectivity index (χ1n) is 15.8. The molecule has 0 aromatic rings. The van der Waals surface area contributed by atoms with E-state index in [0.717, 1.165) is 10.8 Å². The van der Waals surface area contributed by atoms with Crippen LogP contribution in [0, 0.1) is 117 Å². The van der Waals surface area contributed by atoms with Crippen LogP contribution in [0.2, 0.25) is 0 Å². The summed E-state index contributed by atoms with van der Waals surface area (Å²) in [6, 6.07) is 0. The Hall–Kier alpha value is 0. The van der Waals surface area contributed by atoms with E-state index >= 15 is 0 Å². The fraction of sp³-hybridized carbons (Fsp3) is 1.00. The number of hydrogen-bond donors (Lipinski definition) is 0. The van der Waals surface area contributed by atoms with Crippen LogP contribution in [0.5, 0.6) is 0 Å². The fourth-order valence-electron chi connectivity index (χ4n) is 18.9. The summed E-state index contributed by atoms with van der Waals surface area (Å²) in [5.41, 5.74) is 1.79. The smallest absolute Gasteiger partial charge is 0.0191 e. The van der Waals surface area contributed by atoms with Crippen LogP contribution in [0.25, 0.3) is 0 Å². The summed E-state index contributed by atoms with van der Waals surface area (Å²) in [7, 11) is 0. The van der Waals surface area contributed by atoms with Crippen molar-refractivity contribution in [2.45, 2.75) is 77.0 Å². The monoisotopic (exact) mass is 426 g/mol. The van der Waals surface area contributed by atoms with Crippen molar-refractivity contribution in [3.8, 4) is 0 Å². The lowest BCUT2D eigenvalue weighted by molar-refractivity contribution is -0.408. The highest BCUT2D eigenvalue weighted by Gasteiger charge is 2.85. The summed E-state index contributed by atoms with van der Waals surface area (Å²) < 4.78 is 0. The van der Waals surface area contributed by atoms with Crippen molar-refractivity contribution in [2.24, 2.45) is 117 Å². The second kappa shape index (κ2) is 4.59. The van der Waals surface area contributed by atoms with Gasteiger partial charge in [0.15, 0.2) is 0 Å². The minimum Gasteiger partial charge on any atom is -0.0470 e. The summed E-state index contributed by atoms with van der Waals surface area (Å²) in [6.45, 7) is 0. The van der Waals surface area contributed by atoms with Crippen molar-refractivity contribution in [3.05, 3.63) is 0 Å². The summed E-state index contributed by atoms with van der Waals surface area (Å²) in [5, 5.41) is 0. The third kappa shape index (κ3) is 1.32. The van der Waals surface area contributed by atoms with Crippen LogP contribution in [0.1, 0.15) is 77.0 Å². The molecule has 17 rings (SSSR count). The van der Waals surface area contributed by atoms with Crippen molar-refractivity contribution >= 4 is 0 Å². The van der Waals surface area contributed by atoms with Crippen LogP contribution in [-0.2, 0) is 0 Å². The van der Waals surface area contributed by atoms with E-state index in [-0.39, 0.29) is 0 Å². The predicted molar refractivity (Wildman–Crippen MR) is 123 cm³/mol. The van der Waals surface area contributed by atoms with Gasteiger partial charge in [-0.3, -0.25) is 0 Å². The molecule has 0 aromatic heterocycles. The van der Waals surface area contributed by atoms with E-state index in [1.165, 1.54) is 107 Å². The first kappa shape index (κ1) is 16.6. The Balaban J connectivity index is 1.13. The van der Waals surface area contributed by atoms with Gasteiger partial charge < -0.3 is 0 Å². The minimum atomic E-state index is 0.883. The second-order valence-corrected chi connectivity index (χ2v) is 17.1. The van der Waals surface area contributed by atoms with Gasteiger partial charge in [0, 0.05) is 0 Å². The average Bonchev–Trinajstić information content (AvgIpc) is 2.80. The minimum absolute atomic E-state index is 0.883. The van der Waals surface area contributed by atoms with Gasteiger partial charge in [-0.15, -0.1) is 0 Å². The lowest BCUT2D eigenvalue weighted by atomic mass is 9.16. The molecule has 0 aromatic carbocycles. The molecule has 0 saturated heterocycles. The van der Waals surface area contributed by atoms with E-state index in [0.29, 0.717) is 0 Å². The summed E-state index contributed by atoms with van der Waals surface area (Å²) in [5.74, 6) is 22.0. The molecule has 1 spiro atoms. The third-order valence-corrected chi connectivity index (χ3v) is 17.6. The molecule has 19 bridgehead atoms. The first-order chi connectivity index (χ1) is 15.8. The quantitative estimate of drug-likeness (QED) is 0.428. The Morgan fingerprint density at radius 1 is 0.375 bits per heavy atom. The van der Waals surface area contributed by atoms with E-state index in [1.807, 2.05) is 0 Å². The van der Waals surface area contributed by atoms with Gasteiger partial charge in [0.25, 0.3) is 0 Å². The van der Waals surface area contributed by atoms with Gasteiger partial charge >= 0.3 is 0 Å². The molecule has 11 unspecified atom stereocenters. The van der Waals surface area contributed by atoms with Crippen molar-refractivity contribution < 1.29 is 0 Å². The molecule has 0 nitrogen and oxygen atoms in total. The maximum Gasteiger partial charge on any atom is -0.0191 e. The van der Waals surface area contributed by atoms with Crippen LogP contribution in [0.4, 0.5) is 0 Å². The van der Waals surface area contributed by atoms with Crippen molar-refractivity contribution in [2.75, 3.05) is 0 Å². The zero-order chi connectivity index (χ0) is 19.9. The Morgan fingerprint density at radius 3 is 1.53 bits per heavy atom. The van der Waals surface area contributed by atoms with Gasteiger partial charge in [-0.25, -0.2) is 0 Å². The number of rotatable bonds is 1. The van der Waals surface area contributed by atoms with Crippen LogP contribution in [0.3, 0.4) is 0 Å². The predicted octanol–water partition coefficient (Wildman–Crippen LogP) is 6.90. The summed E-state index contributed by atoms with van der Waals surface area (Å²) >= 11 is 0. The zero-order valence-electron chi connectivity index (χ0n) is 19.9. The molecule has 0 radical (unpaired) electrons. The largest absolute Gasteiger partial charge is 0.0470 e. The number of hydrogen-bond acceptors (Lipinski definition) is 0. The lowest BCUT2D eigenvalue weighted by Crippen LogP contribution is -2.83. The Labute approximate surface area is 194 Å². The molecule has 0 aliphatic heterocycles. The van der Waals surface area contributed by atoms with Crippen LogP contribution in [0.15, 0.2) is 0 Å². The zero-order valence-corrected chi connectivity index (χ0v) is 19.9. The van der Waals surface area contributed by atoms with Gasteiger partial charge in [0.2, 0.25) is 0 Å². The van der Waals surface area contributed by atoms with Crippen LogP contribution in [-0.4, -0.2) is 0 Å². The van der Waals surface area contributed by atoms with Gasteiger partial charge in [-0.05, 0) is 194 Å². The standard InChI is InChI=1S/C32H42/c1-13-6-26-20-2-14-3-21(17(1)20)27(7-13)31(26,11-14)30-16-8-24-19-10-18-22-4-15-5-23(18)29(25(19)9-16)32(30,12-15)28(22)24/h13-30H,1-12H2. The van der Waals surface area contributed by atoms with E-state index in [2.05, 4.69) is 0 Å². The molecule has 170 valence electrons. The molecule has 17 fully saturated rings. The molecule has 0 heterocycles. The van der Waals surface area contributed by atoms with Gasteiger partial charge in [0.05, 0.1) is 0 Å². The molecular weight excluding hydrogens is 384 g/mol. The van der Waals surface area contributed by atoms with Crippen LogP contribution < -0.4 is 0 Å². The van der Waals surface area contributed by atoms with Crippen molar-refractivity contribution in [1.82, 2.24) is 0 Å². The van der Waals surface area contributed by atoms with Gasteiger partial charge in [-0.2, -0.15) is 0 Å². The Bertz CT molecular complexity index is 901. The van der Waals surface area contributed by atoms with Gasteiger partial charge in [0.1, 0.15) is 0 Å². The Kier molecular flexibility index (Phi) is 2.38.